The van der Waals surface area contributed by atoms with Crippen LogP contribution in [0.3, 0.4) is 0 Å². The second-order valence-corrected chi connectivity index (χ2v) is 3.48. The SMILES string of the molecule is CC(C)N1C=CNc2ccccc21. The smallest absolute Gasteiger partial charge is 0.0648 e. The molecule has 0 bridgehead atoms. The maximum atomic E-state index is 3.23. The highest BCUT2D eigenvalue weighted by Gasteiger charge is 2.13. The van der Waals surface area contributed by atoms with Crippen LogP contribution in [0.4, 0.5) is 11.4 Å². The summed E-state index contributed by atoms with van der Waals surface area (Å²) in [5.41, 5.74) is 2.43. The summed E-state index contributed by atoms with van der Waals surface area (Å²) in [6.07, 6.45) is 4.05. The van der Waals surface area contributed by atoms with Crippen LogP contribution in [-0.2, 0) is 0 Å². The van der Waals surface area contributed by atoms with E-state index in [-0.39, 0.29) is 0 Å². The summed E-state index contributed by atoms with van der Waals surface area (Å²) in [6.45, 7) is 4.37. The summed E-state index contributed by atoms with van der Waals surface area (Å²) in [5, 5.41) is 3.23. The number of nitrogens with zero attached hydrogens (tertiary/aromatic N) is 1. The molecule has 0 fully saturated rings. The summed E-state index contributed by atoms with van der Waals surface area (Å²) in [5.74, 6) is 0. The molecule has 1 aliphatic rings. The minimum Gasteiger partial charge on any atom is -0.359 e. The van der Waals surface area contributed by atoms with Gasteiger partial charge in [0.15, 0.2) is 0 Å². The third-order valence-corrected chi connectivity index (χ3v) is 2.21. The summed E-state index contributed by atoms with van der Waals surface area (Å²) >= 11 is 0. The van der Waals surface area contributed by atoms with Gasteiger partial charge in [0.1, 0.15) is 0 Å². The van der Waals surface area contributed by atoms with Crippen LogP contribution in [0.15, 0.2) is 36.7 Å². The van der Waals surface area contributed by atoms with Gasteiger partial charge in [-0.2, -0.15) is 0 Å². The number of para-hydroxylation sites is 2. The lowest BCUT2D eigenvalue weighted by Crippen LogP contribution is -2.27. The van der Waals surface area contributed by atoms with Gasteiger partial charge in [-0.25, -0.2) is 0 Å². The zero-order chi connectivity index (χ0) is 9.26. The van der Waals surface area contributed by atoms with Crippen LogP contribution in [0, 0.1) is 0 Å². The van der Waals surface area contributed by atoms with Gasteiger partial charge in [-0.1, -0.05) is 12.1 Å². The van der Waals surface area contributed by atoms with Crippen molar-refractivity contribution in [2.24, 2.45) is 0 Å². The summed E-state index contributed by atoms with van der Waals surface area (Å²) in [6, 6.07) is 8.83. The fraction of sp³-hybridized carbons (Fsp3) is 0.273. The summed E-state index contributed by atoms with van der Waals surface area (Å²) in [4.78, 5) is 2.26. The van der Waals surface area contributed by atoms with Crippen LogP contribution in [0.1, 0.15) is 13.8 Å². The molecular weight excluding hydrogens is 160 g/mol. The molecule has 1 aromatic carbocycles. The Balaban J connectivity index is 2.42. The number of fused-ring (bicyclic) bond motifs is 1. The molecule has 0 spiro atoms. The van der Waals surface area contributed by atoms with E-state index in [1.54, 1.807) is 0 Å². The van der Waals surface area contributed by atoms with Gasteiger partial charge >= 0.3 is 0 Å². The maximum Gasteiger partial charge on any atom is 0.0648 e. The highest BCUT2D eigenvalue weighted by molar-refractivity contribution is 5.74. The van der Waals surface area contributed by atoms with Crippen LogP contribution in [0.2, 0.25) is 0 Å². The zero-order valence-electron chi connectivity index (χ0n) is 7.99. The zero-order valence-corrected chi connectivity index (χ0v) is 7.99. The molecule has 1 N–H and O–H groups in total. The molecule has 1 heterocycles. The van der Waals surface area contributed by atoms with Crippen molar-refractivity contribution in [1.82, 2.24) is 0 Å². The first kappa shape index (κ1) is 8.17. The van der Waals surface area contributed by atoms with E-state index in [1.165, 1.54) is 11.4 Å². The lowest BCUT2D eigenvalue weighted by atomic mass is 10.2. The van der Waals surface area contributed by atoms with Crippen LogP contribution in [0.25, 0.3) is 0 Å². The van der Waals surface area contributed by atoms with Crippen molar-refractivity contribution in [2.45, 2.75) is 19.9 Å². The minimum absolute atomic E-state index is 0.500. The van der Waals surface area contributed by atoms with E-state index in [9.17, 15) is 0 Å². The van der Waals surface area contributed by atoms with Gasteiger partial charge in [0.05, 0.1) is 11.4 Å². The highest BCUT2D eigenvalue weighted by Crippen LogP contribution is 2.29. The van der Waals surface area contributed by atoms with Crippen molar-refractivity contribution in [3.8, 4) is 0 Å². The Morgan fingerprint density at radius 2 is 2.00 bits per heavy atom. The van der Waals surface area contributed by atoms with Crippen LogP contribution < -0.4 is 10.2 Å². The van der Waals surface area contributed by atoms with Crippen LogP contribution in [-0.4, -0.2) is 6.04 Å². The van der Waals surface area contributed by atoms with Crippen molar-refractivity contribution in [2.75, 3.05) is 10.2 Å². The number of hydrogen-bond donors (Lipinski definition) is 1. The molecule has 2 heteroatoms. The van der Waals surface area contributed by atoms with Gasteiger partial charge in [-0.3, -0.25) is 0 Å². The molecule has 1 aliphatic heterocycles. The first-order chi connectivity index (χ1) is 6.29. The number of anilines is 2. The first-order valence-electron chi connectivity index (χ1n) is 4.59. The third-order valence-electron chi connectivity index (χ3n) is 2.21. The Morgan fingerprint density at radius 3 is 2.77 bits per heavy atom. The van der Waals surface area contributed by atoms with E-state index < -0.39 is 0 Å². The number of rotatable bonds is 1. The van der Waals surface area contributed by atoms with Crippen LogP contribution in [0.5, 0.6) is 0 Å². The van der Waals surface area contributed by atoms with Crippen molar-refractivity contribution in [1.29, 1.82) is 0 Å². The molecule has 0 saturated carbocycles. The van der Waals surface area contributed by atoms with Crippen molar-refractivity contribution < 1.29 is 0 Å². The van der Waals surface area contributed by atoms with E-state index >= 15 is 0 Å². The standard InChI is InChI=1S/C11H14N2/c1-9(2)13-8-7-12-10-5-3-4-6-11(10)13/h3-9,12H,1-2H3. The monoisotopic (exact) mass is 174 g/mol. The predicted octanol–water partition coefficient (Wildman–Crippen LogP) is 2.80. The summed E-state index contributed by atoms with van der Waals surface area (Å²) < 4.78 is 0. The molecule has 0 aromatic heterocycles. The molecule has 68 valence electrons. The molecule has 0 radical (unpaired) electrons. The number of hydrogen-bond acceptors (Lipinski definition) is 2. The van der Waals surface area contributed by atoms with Gasteiger partial charge in [0, 0.05) is 18.4 Å². The largest absolute Gasteiger partial charge is 0.359 e. The van der Waals surface area contributed by atoms with Crippen LogP contribution >= 0.6 is 0 Å². The molecule has 1 aromatic rings. The molecule has 2 rings (SSSR count). The predicted molar refractivity (Wildman–Crippen MR) is 56.8 cm³/mol. The van der Waals surface area contributed by atoms with Crippen molar-refractivity contribution in [3.05, 3.63) is 36.7 Å². The van der Waals surface area contributed by atoms with E-state index in [0.717, 1.165) is 0 Å². The highest BCUT2D eigenvalue weighted by atomic mass is 15.2. The normalized spacial score (nSPS) is 14.2. The molecule has 0 amide bonds. The molecule has 0 aliphatic carbocycles. The Kier molecular flexibility index (Phi) is 1.97. The van der Waals surface area contributed by atoms with E-state index in [1.807, 2.05) is 12.3 Å². The first-order valence-corrected chi connectivity index (χ1v) is 4.59. The fourth-order valence-corrected chi connectivity index (χ4v) is 1.56. The average molecular weight is 174 g/mol. The number of benzene rings is 1. The summed E-state index contributed by atoms with van der Waals surface area (Å²) in [7, 11) is 0. The molecule has 0 saturated heterocycles. The lowest BCUT2D eigenvalue weighted by molar-refractivity contribution is 0.779. The topological polar surface area (TPSA) is 15.3 Å². The Morgan fingerprint density at radius 1 is 1.23 bits per heavy atom. The van der Waals surface area contributed by atoms with Crippen molar-refractivity contribution in [3.63, 3.8) is 0 Å². The van der Waals surface area contributed by atoms with Gasteiger partial charge in [-0.05, 0) is 26.0 Å². The van der Waals surface area contributed by atoms with Crippen molar-refractivity contribution >= 4 is 11.4 Å². The van der Waals surface area contributed by atoms with Gasteiger partial charge < -0.3 is 10.2 Å². The van der Waals surface area contributed by atoms with E-state index in [4.69, 9.17) is 0 Å². The van der Waals surface area contributed by atoms with E-state index in [2.05, 4.69) is 48.5 Å². The molecule has 2 nitrogen and oxygen atoms in total. The molecule has 0 atom stereocenters. The Labute approximate surface area is 78.9 Å². The molecular formula is C11H14N2. The molecule has 13 heavy (non-hydrogen) atoms. The van der Waals surface area contributed by atoms with Gasteiger partial charge in [0.2, 0.25) is 0 Å². The average Bonchev–Trinajstić information content (AvgIpc) is 2.17. The quantitative estimate of drug-likeness (QED) is 0.704. The maximum absolute atomic E-state index is 3.23. The Hall–Kier alpha value is -1.44. The third kappa shape index (κ3) is 1.39. The molecule has 0 unspecified atom stereocenters. The number of nitrogens with one attached hydrogen (secondary N) is 1. The van der Waals surface area contributed by atoms with Gasteiger partial charge in [0.25, 0.3) is 0 Å². The Bertz CT molecular complexity index is 329. The lowest BCUT2D eigenvalue weighted by Gasteiger charge is -2.30. The minimum atomic E-state index is 0.500. The second-order valence-electron chi connectivity index (χ2n) is 3.48. The fourth-order valence-electron chi connectivity index (χ4n) is 1.56. The van der Waals surface area contributed by atoms with Gasteiger partial charge in [-0.15, -0.1) is 0 Å². The second kappa shape index (κ2) is 3.13. The van der Waals surface area contributed by atoms with E-state index in [0.29, 0.717) is 6.04 Å².